The third kappa shape index (κ3) is 5.46. The minimum absolute atomic E-state index is 0.00496. The first-order chi connectivity index (χ1) is 12.4. The molecule has 1 N–H and O–H groups in total. The molecule has 6 heteroatoms. The molecule has 0 spiro atoms. The quantitative estimate of drug-likeness (QED) is 0.807. The molecule has 0 atom stereocenters. The van der Waals surface area contributed by atoms with Crippen molar-refractivity contribution in [3.05, 3.63) is 28.8 Å². The Morgan fingerprint density at radius 3 is 2.46 bits per heavy atom. The molecule has 1 fully saturated rings. The lowest BCUT2D eigenvalue weighted by Crippen LogP contribution is -2.47. The van der Waals surface area contributed by atoms with E-state index in [0.717, 1.165) is 35.3 Å². The van der Waals surface area contributed by atoms with Crippen LogP contribution in [0.3, 0.4) is 0 Å². The highest BCUT2D eigenvalue weighted by Gasteiger charge is 2.24. The molecular weight excluding hydrogens is 332 g/mol. The largest absolute Gasteiger partial charge is 0.483 e. The van der Waals surface area contributed by atoms with Gasteiger partial charge in [-0.1, -0.05) is 12.1 Å². The van der Waals surface area contributed by atoms with Crippen LogP contribution in [0.15, 0.2) is 12.1 Å². The van der Waals surface area contributed by atoms with Gasteiger partial charge in [-0.2, -0.15) is 0 Å². The Morgan fingerprint density at radius 1 is 1.15 bits per heavy atom. The summed E-state index contributed by atoms with van der Waals surface area (Å²) in [5, 5.41) is 3.00. The molecule has 0 bridgehead atoms. The third-order valence-electron chi connectivity index (χ3n) is 4.96. The van der Waals surface area contributed by atoms with Gasteiger partial charge in [0.05, 0.1) is 6.61 Å². The van der Waals surface area contributed by atoms with Crippen LogP contribution in [0.4, 0.5) is 0 Å². The number of aryl methyl sites for hydroxylation is 2. The van der Waals surface area contributed by atoms with Crippen molar-refractivity contribution < 1.29 is 19.1 Å². The summed E-state index contributed by atoms with van der Waals surface area (Å²) in [6, 6.07) is 4.20. The van der Waals surface area contributed by atoms with Gasteiger partial charge in [0.25, 0.3) is 5.91 Å². The van der Waals surface area contributed by atoms with Crippen LogP contribution < -0.4 is 10.1 Å². The van der Waals surface area contributed by atoms with Crippen molar-refractivity contribution in [3.63, 3.8) is 0 Å². The fourth-order valence-electron chi connectivity index (χ4n) is 3.14. The molecule has 0 unspecified atom stereocenters. The highest BCUT2D eigenvalue weighted by Crippen LogP contribution is 2.25. The first kappa shape index (κ1) is 20.2. The van der Waals surface area contributed by atoms with E-state index in [9.17, 15) is 9.59 Å². The van der Waals surface area contributed by atoms with Crippen molar-refractivity contribution in [1.82, 2.24) is 10.2 Å². The van der Waals surface area contributed by atoms with Gasteiger partial charge < -0.3 is 19.7 Å². The lowest BCUT2D eigenvalue weighted by atomic mass is 10.0. The number of carbonyl (C=O) groups excluding carboxylic acids is 2. The number of carbonyl (C=O) groups is 2. The lowest BCUT2D eigenvalue weighted by molar-refractivity contribution is -0.134. The Hall–Kier alpha value is -2.08. The van der Waals surface area contributed by atoms with Gasteiger partial charge in [-0.25, -0.2) is 0 Å². The number of ether oxygens (including phenoxy) is 2. The van der Waals surface area contributed by atoms with Gasteiger partial charge in [-0.15, -0.1) is 0 Å². The first-order valence-electron chi connectivity index (χ1n) is 9.18. The zero-order chi connectivity index (χ0) is 19.1. The molecule has 0 saturated carbocycles. The number of methoxy groups -OCH3 is 1. The van der Waals surface area contributed by atoms with Crippen LogP contribution in [-0.2, 0) is 14.3 Å². The van der Waals surface area contributed by atoms with Gasteiger partial charge in [0.15, 0.2) is 6.61 Å². The molecule has 1 saturated heterocycles. The maximum absolute atomic E-state index is 12.4. The number of benzene rings is 1. The summed E-state index contributed by atoms with van der Waals surface area (Å²) in [4.78, 5) is 26.0. The second kappa shape index (κ2) is 9.57. The molecule has 1 heterocycles. The third-order valence-corrected chi connectivity index (χ3v) is 4.96. The van der Waals surface area contributed by atoms with Gasteiger partial charge in [-0.05, 0) is 50.3 Å². The summed E-state index contributed by atoms with van der Waals surface area (Å²) in [6.45, 7) is 7.81. The first-order valence-corrected chi connectivity index (χ1v) is 9.18. The van der Waals surface area contributed by atoms with Crippen LogP contribution in [0.25, 0.3) is 0 Å². The number of piperidine rings is 1. The Kier molecular flexibility index (Phi) is 7.45. The Labute approximate surface area is 155 Å². The summed E-state index contributed by atoms with van der Waals surface area (Å²) in [6.07, 6.45) is 1.92. The maximum atomic E-state index is 12.4. The van der Waals surface area contributed by atoms with Gasteiger partial charge in [0, 0.05) is 32.7 Å². The molecule has 6 nitrogen and oxygen atoms in total. The molecule has 1 aliphatic rings. The Bertz CT molecular complexity index is 637. The second-order valence-electron chi connectivity index (χ2n) is 6.91. The summed E-state index contributed by atoms with van der Waals surface area (Å²) < 4.78 is 10.7. The number of hydrogen-bond donors (Lipinski definition) is 1. The fraction of sp³-hybridized carbons (Fsp3) is 0.600. The molecule has 144 valence electrons. The molecule has 1 aromatic rings. The lowest BCUT2D eigenvalue weighted by Gasteiger charge is -2.32. The average molecular weight is 362 g/mol. The van der Waals surface area contributed by atoms with Crippen LogP contribution in [0.5, 0.6) is 5.75 Å². The van der Waals surface area contributed by atoms with E-state index < -0.39 is 0 Å². The average Bonchev–Trinajstić information content (AvgIpc) is 2.63. The number of nitrogens with zero attached hydrogens (tertiary/aromatic N) is 1. The van der Waals surface area contributed by atoms with E-state index in [1.54, 1.807) is 7.11 Å². The van der Waals surface area contributed by atoms with Crippen LogP contribution in [0.2, 0.25) is 0 Å². The number of hydrogen-bond acceptors (Lipinski definition) is 4. The van der Waals surface area contributed by atoms with Gasteiger partial charge in [-0.3, -0.25) is 9.59 Å². The SMILES string of the molecule is COCCC(=O)NC1CCN(C(=O)COc2c(C)ccc(C)c2C)CC1. The van der Waals surface area contributed by atoms with Gasteiger partial charge >= 0.3 is 0 Å². The van der Waals surface area contributed by atoms with Crippen molar-refractivity contribution in [2.24, 2.45) is 0 Å². The fourth-order valence-corrected chi connectivity index (χ4v) is 3.14. The molecule has 0 aliphatic carbocycles. The second-order valence-corrected chi connectivity index (χ2v) is 6.91. The van der Waals surface area contributed by atoms with E-state index in [2.05, 4.69) is 11.4 Å². The van der Waals surface area contributed by atoms with E-state index in [4.69, 9.17) is 9.47 Å². The van der Waals surface area contributed by atoms with Gasteiger partial charge in [0.2, 0.25) is 5.91 Å². The van der Waals surface area contributed by atoms with Crippen LogP contribution >= 0.6 is 0 Å². The minimum Gasteiger partial charge on any atom is -0.483 e. The number of amides is 2. The number of rotatable bonds is 7. The Balaban J connectivity index is 1.78. The monoisotopic (exact) mass is 362 g/mol. The van der Waals surface area contributed by atoms with E-state index in [1.807, 2.05) is 31.7 Å². The van der Waals surface area contributed by atoms with Crippen LogP contribution in [0, 0.1) is 20.8 Å². The Morgan fingerprint density at radius 2 is 1.81 bits per heavy atom. The molecule has 26 heavy (non-hydrogen) atoms. The van der Waals surface area contributed by atoms with Crippen molar-refractivity contribution >= 4 is 11.8 Å². The highest BCUT2D eigenvalue weighted by atomic mass is 16.5. The predicted octanol–water partition coefficient (Wildman–Crippen LogP) is 2.13. The molecular formula is C20H30N2O4. The van der Waals surface area contributed by atoms with Crippen molar-refractivity contribution in [1.29, 1.82) is 0 Å². The summed E-state index contributed by atoms with van der Waals surface area (Å²) in [7, 11) is 1.58. The zero-order valence-corrected chi connectivity index (χ0v) is 16.3. The number of likely N-dealkylation sites (tertiary alicyclic amines) is 1. The highest BCUT2D eigenvalue weighted by molar-refractivity contribution is 5.78. The molecule has 1 aliphatic heterocycles. The van der Waals surface area contributed by atoms with Crippen LogP contribution in [-0.4, -0.2) is 56.2 Å². The van der Waals surface area contributed by atoms with E-state index in [0.29, 0.717) is 26.1 Å². The van der Waals surface area contributed by atoms with Crippen LogP contribution in [0.1, 0.15) is 36.0 Å². The van der Waals surface area contributed by atoms with Crippen molar-refractivity contribution in [2.75, 3.05) is 33.4 Å². The molecule has 2 amide bonds. The van der Waals surface area contributed by atoms with Crippen molar-refractivity contribution in [2.45, 2.75) is 46.1 Å². The van der Waals surface area contributed by atoms with E-state index in [-0.39, 0.29) is 24.5 Å². The summed E-state index contributed by atoms with van der Waals surface area (Å²) in [5.41, 5.74) is 3.27. The zero-order valence-electron chi connectivity index (χ0n) is 16.3. The summed E-state index contributed by atoms with van der Waals surface area (Å²) >= 11 is 0. The maximum Gasteiger partial charge on any atom is 0.260 e. The standard InChI is InChI=1S/C20H30N2O4/c1-14-5-6-15(2)20(16(14)3)26-13-19(24)22-10-7-17(8-11-22)21-18(23)9-12-25-4/h5-6,17H,7-13H2,1-4H3,(H,21,23). The number of nitrogens with one attached hydrogen (secondary N) is 1. The smallest absolute Gasteiger partial charge is 0.260 e. The summed E-state index contributed by atoms with van der Waals surface area (Å²) in [5.74, 6) is 0.804. The predicted molar refractivity (Wildman–Crippen MR) is 100 cm³/mol. The van der Waals surface area contributed by atoms with E-state index in [1.165, 1.54) is 0 Å². The molecule has 0 radical (unpaired) electrons. The molecule has 1 aromatic carbocycles. The normalized spacial score (nSPS) is 15.0. The topological polar surface area (TPSA) is 67.9 Å². The van der Waals surface area contributed by atoms with Crippen molar-refractivity contribution in [3.8, 4) is 5.75 Å². The van der Waals surface area contributed by atoms with Gasteiger partial charge in [0.1, 0.15) is 5.75 Å². The van der Waals surface area contributed by atoms with E-state index >= 15 is 0 Å². The molecule has 2 rings (SSSR count). The molecule has 0 aromatic heterocycles. The minimum atomic E-state index is -0.00512.